The molecule has 23 heavy (non-hydrogen) atoms. The summed E-state index contributed by atoms with van der Waals surface area (Å²) in [5.41, 5.74) is 3.18. The Morgan fingerprint density at radius 3 is 2.70 bits per heavy atom. The van der Waals surface area contributed by atoms with Crippen LogP contribution in [0.4, 0.5) is 0 Å². The van der Waals surface area contributed by atoms with Gasteiger partial charge in [-0.05, 0) is 19.1 Å². The van der Waals surface area contributed by atoms with E-state index in [0.717, 1.165) is 48.0 Å². The van der Waals surface area contributed by atoms with E-state index in [2.05, 4.69) is 15.3 Å². The Bertz CT molecular complexity index is 775. The number of carbonyl (C=O) groups excluding carboxylic acids is 1. The molecule has 0 bridgehead atoms. The zero-order chi connectivity index (χ0) is 16.1. The topological polar surface area (TPSA) is 68.8 Å². The number of carbonyl (C=O) groups is 1. The van der Waals surface area contributed by atoms with Crippen molar-refractivity contribution in [1.82, 2.24) is 29.4 Å². The third-order valence-corrected chi connectivity index (χ3v) is 5.43. The van der Waals surface area contributed by atoms with Gasteiger partial charge in [0.25, 0.3) is 0 Å². The van der Waals surface area contributed by atoms with E-state index >= 15 is 0 Å². The highest BCUT2D eigenvalue weighted by Gasteiger charge is 2.36. The molecule has 0 N–H and O–H groups in total. The molecule has 4 rings (SSSR count). The van der Waals surface area contributed by atoms with E-state index in [1.54, 1.807) is 11.8 Å². The Morgan fingerprint density at radius 1 is 1.26 bits per heavy atom. The molecule has 2 aliphatic rings. The van der Waals surface area contributed by atoms with Gasteiger partial charge in [-0.15, -0.1) is 10.2 Å². The maximum Gasteiger partial charge on any atom is 0.225 e. The Hall–Kier alpha value is -1.83. The van der Waals surface area contributed by atoms with Gasteiger partial charge in [-0.3, -0.25) is 9.48 Å². The van der Waals surface area contributed by atoms with Crippen LogP contribution in [0.2, 0.25) is 0 Å². The Labute approximate surface area is 139 Å². The summed E-state index contributed by atoms with van der Waals surface area (Å²) in [7, 11) is 3.92. The fourth-order valence-electron chi connectivity index (χ4n) is 3.25. The normalized spacial score (nSPS) is 17.4. The second-order valence-electron chi connectivity index (χ2n) is 6.25. The summed E-state index contributed by atoms with van der Waals surface area (Å²) < 4.78 is 3.89. The van der Waals surface area contributed by atoms with Crippen LogP contribution in [0.5, 0.6) is 0 Å². The molecular weight excluding hydrogens is 312 g/mol. The van der Waals surface area contributed by atoms with Crippen LogP contribution in [0.25, 0.3) is 11.5 Å². The van der Waals surface area contributed by atoms with Crippen LogP contribution >= 0.6 is 11.8 Å². The van der Waals surface area contributed by atoms with Gasteiger partial charge < -0.3 is 9.47 Å². The number of rotatable bonds is 3. The fourth-order valence-corrected chi connectivity index (χ4v) is 3.73. The standard InChI is InChI=1S/C15H20N6OS/c1-19-13(16-17-15(19)23-3)12-10-8-21(14(22)9-4-5-9)7-6-11(10)20(2)18-12/h9H,4-8H2,1-3H3. The van der Waals surface area contributed by atoms with Crippen molar-refractivity contribution >= 4 is 17.7 Å². The summed E-state index contributed by atoms with van der Waals surface area (Å²) in [4.78, 5) is 14.4. The lowest BCUT2D eigenvalue weighted by Crippen LogP contribution is -2.37. The molecule has 7 nitrogen and oxygen atoms in total. The molecule has 0 aromatic carbocycles. The first-order valence-electron chi connectivity index (χ1n) is 7.87. The van der Waals surface area contributed by atoms with E-state index in [-0.39, 0.29) is 5.92 Å². The number of fused-ring (bicyclic) bond motifs is 1. The fraction of sp³-hybridized carbons (Fsp3) is 0.600. The molecule has 1 saturated carbocycles. The van der Waals surface area contributed by atoms with E-state index < -0.39 is 0 Å². The van der Waals surface area contributed by atoms with Gasteiger partial charge >= 0.3 is 0 Å². The van der Waals surface area contributed by atoms with Crippen molar-refractivity contribution in [2.24, 2.45) is 20.0 Å². The highest BCUT2D eigenvalue weighted by atomic mass is 32.2. The summed E-state index contributed by atoms with van der Waals surface area (Å²) >= 11 is 1.56. The minimum Gasteiger partial charge on any atom is -0.338 e. The molecule has 1 amide bonds. The molecule has 122 valence electrons. The zero-order valence-corrected chi connectivity index (χ0v) is 14.4. The Balaban J connectivity index is 1.72. The molecule has 0 unspecified atom stereocenters. The van der Waals surface area contributed by atoms with Crippen molar-refractivity contribution in [2.45, 2.75) is 31.0 Å². The van der Waals surface area contributed by atoms with Gasteiger partial charge in [-0.2, -0.15) is 5.10 Å². The third kappa shape index (κ3) is 2.36. The minimum absolute atomic E-state index is 0.259. The first-order valence-corrected chi connectivity index (χ1v) is 9.10. The van der Waals surface area contributed by atoms with Crippen molar-refractivity contribution < 1.29 is 4.79 Å². The molecule has 8 heteroatoms. The first kappa shape index (κ1) is 14.7. The average Bonchev–Trinajstić information content (AvgIpc) is 3.28. The monoisotopic (exact) mass is 332 g/mol. The van der Waals surface area contributed by atoms with Crippen LogP contribution in [0.15, 0.2) is 5.16 Å². The van der Waals surface area contributed by atoms with Crippen molar-refractivity contribution in [3.05, 3.63) is 11.3 Å². The van der Waals surface area contributed by atoms with E-state index in [1.165, 1.54) is 5.69 Å². The summed E-state index contributed by atoms with van der Waals surface area (Å²) in [6.45, 7) is 1.42. The van der Waals surface area contributed by atoms with Crippen molar-refractivity contribution in [3.8, 4) is 11.5 Å². The van der Waals surface area contributed by atoms with Crippen molar-refractivity contribution in [2.75, 3.05) is 12.8 Å². The number of thioether (sulfide) groups is 1. The van der Waals surface area contributed by atoms with Crippen LogP contribution in [-0.2, 0) is 31.9 Å². The molecule has 1 aliphatic heterocycles. The predicted octanol–water partition coefficient (Wildman–Crippen LogP) is 1.23. The largest absolute Gasteiger partial charge is 0.338 e. The van der Waals surface area contributed by atoms with Crippen LogP contribution < -0.4 is 0 Å². The van der Waals surface area contributed by atoms with Gasteiger partial charge in [0.15, 0.2) is 11.0 Å². The summed E-state index contributed by atoms with van der Waals surface area (Å²) in [6.07, 6.45) is 4.92. The lowest BCUT2D eigenvalue weighted by Gasteiger charge is -2.27. The van der Waals surface area contributed by atoms with Crippen LogP contribution in [-0.4, -0.2) is 48.2 Å². The maximum atomic E-state index is 12.4. The number of nitrogens with zero attached hydrogens (tertiary/aromatic N) is 6. The molecule has 0 atom stereocenters. The lowest BCUT2D eigenvalue weighted by atomic mass is 10.0. The molecule has 3 heterocycles. The Morgan fingerprint density at radius 2 is 2.04 bits per heavy atom. The second kappa shape index (κ2) is 5.36. The molecule has 1 aliphatic carbocycles. The van der Waals surface area contributed by atoms with Gasteiger partial charge in [0.1, 0.15) is 5.69 Å². The van der Waals surface area contributed by atoms with Gasteiger partial charge in [0.05, 0.1) is 0 Å². The number of aryl methyl sites for hydroxylation is 1. The maximum absolute atomic E-state index is 12.4. The molecule has 0 radical (unpaired) electrons. The van der Waals surface area contributed by atoms with Crippen molar-refractivity contribution in [3.63, 3.8) is 0 Å². The van der Waals surface area contributed by atoms with Crippen LogP contribution in [0.1, 0.15) is 24.1 Å². The summed E-state index contributed by atoms with van der Waals surface area (Å²) in [5, 5.41) is 14.0. The van der Waals surface area contributed by atoms with Gasteiger partial charge in [-0.1, -0.05) is 11.8 Å². The molecule has 1 fully saturated rings. The molecular formula is C15H20N6OS. The summed E-state index contributed by atoms with van der Waals surface area (Å²) in [6, 6.07) is 0. The number of hydrogen-bond donors (Lipinski definition) is 0. The first-order chi connectivity index (χ1) is 11.1. The Kier molecular flexibility index (Phi) is 3.44. The van der Waals surface area contributed by atoms with Crippen LogP contribution in [0, 0.1) is 5.92 Å². The smallest absolute Gasteiger partial charge is 0.225 e. The average molecular weight is 332 g/mol. The van der Waals surface area contributed by atoms with Gasteiger partial charge in [0.2, 0.25) is 5.91 Å². The molecule has 2 aromatic heterocycles. The van der Waals surface area contributed by atoms with E-state index in [9.17, 15) is 4.79 Å². The SMILES string of the molecule is CSc1nnc(-c2nn(C)c3c2CN(C(=O)C2CC2)CC3)n1C. The van der Waals surface area contributed by atoms with Gasteiger partial charge in [-0.25, -0.2) is 0 Å². The number of hydrogen-bond acceptors (Lipinski definition) is 5. The number of aromatic nitrogens is 5. The highest BCUT2D eigenvalue weighted by molar-refractivity contribution is 7.98. The zero-order valence-electron chi connectivity index (χ0n) is 13.6. The lowest BCUT2D eigenvalue weighted by molar-refractivity contribution is -0.133. The second-order valence-corrected chi connectivity index (χ2v) is 7.02. The van der Waals surface area contributed by atoms with Gasteiger partial charge in [0, 0.05) is 50.8 Å². The van der Waals surface area contributed by atoms with E-state index in [0.29, 0.717) is 12.5 Å². The minimum atomic E-state index is 0.259. The number of amides is 1. The van der Waals surface area contributed by atoms with E-state index in [1.807, 2.05) is 34.5 Å². The predicted molar refractivity (Wildman–Crippen MR) is 86.8 cm³/mol. The summed E-state index contributed by atoms with van der Waals surface area (Å²) in [5.74, 6) is 1.33. The molecule has 2 aromatic rings. The molecule has 0 saturated heterocycles. The quantitative estimate of drug-likeness (QED) is 0.791. The van der Waals surface area contributed by atoms with Crippen LogP contribution in [0.3, 0.4) is 0 Å². The van der Waals surface area contributed by atoms with Crippen molar-refractivity contribution in [1.29, 1.82) is 0 Å². The third-order valence-electron chi connectivity index (χ3n) is 4.71. The highest BCUT2D eigenvalue weighted by Crippen LogP contribution is 2.35. The molecule has 0 spiro atoms. The van der Waals surface area contributed by atoms with E-state index in [4.69, 9.17) is 0 Å².